The van der Waals surface area contributed by atoms with E-state index < -0.39 is 28.5 Å². The third kappa shape index (κ3) is 5.23. The van der Waals surface area contributed by atoms with Crippen LogP contribution < -0.4 is 19.5 Å². The Bertz CT molecular complexity index is 1150. The summed E-state index contributed by atoms with van der Waals surface area (Å²) in [6, 6.07) is 9.04. The number of thioether (sulfide) groups is 1. The zero-order chi connectivity index (χ0) is 24.1. The molecule has 0 aromatic heterocycles. The van der Waals surface area contributed by atoms with Gasteiger partial charge in [-0.25, -0.2) is 0 Å². The lowest BCUT2D eigenvalue weighted by Crippen LogP contribution is -2.36. The minimum atomic E-state index is -0.699. The van der Waals surface area contributed by atoms with Gasteiger partial charge in [0.25, 0.3) is 11.1 Å². The van der Waals surface area contributed by atoms with Crippen LogP contribution in [0, 0.1) is 10.1 Å². The topological polar surface area (TPSA) is 137 Å². The predicted molar refractivity (Wildman–Crippen MR) is 121 cm³/mol. The Morgan fingerprint density at radius 1 is 1.09 bits per heavy atom. The van der Waals surface area contributed by atoms with E-state index in [1.165, 1.54) is 39.5 Å². The van der Waals surface area contributed by atoms with Gasteiger partial charge in [0.2, 0.25) is 11.7 Å². The number of carbonyl (C=O) groups is 3. The maximum atomic E-state index is 12.8. The number of carbonyl (C=O) groups excluding carboxylic acids is 3. The van der Waals surface area contributed by atoms with Crippen LogP contribution in [0.25, 0.3) is 6.08 Å². The van der Waals surface area contributed by atoms with E-state index in [4.69, 9.17) is 14.2 Å². The first kappa shape index (κ1) is 23.6. The summed E-state index contributed by atoms with van der Waals surface area (Å²) in [6.45, 7) is -0.492. The van der Waals surface area contributed by atoms with Crippen molar-refractivity contribution >= 4 is 46.3 Å². The molecular weight excluding hydrogens is 454 g/mol. The Labute approximate surface area is 192 Å². The highest BCUT2D eigenvalue weighted by molar-refractivity contribution is 8.18. The molecule has 0 unspecified atom stereocenters. The van der Waals surface area contributed by atoms with E-state index in [9.17, 15) is 24.5 Å². The number of imide groups is 1. The molecule has 0 atom stereocenters. The number of rotatable bonds is 8. The fourth-order valence-electron chi connectivity index (χ4n) is 2.96. The normalized spacial score (nSPS) is 14.4. The van der Waals surface area contributed by atoms with Crippen LogP contribution in [-0.4, -0.2) is 54.8 Å². The van der Waals surface area contributed by atoms with Crippen molar-refractivity contribution in [1.29, 1.82) is 0 Å². The molecule has 33 heavy (non-hydrogen) atoms. The lowest BCUT2D eigenvalue weighted by Gasteiger charge is -2.12. The Hall–Kier alpha value is -4.06. The van der Waals surface area contributed by atoms with Gasteiger partial charge in [-0.1, -0.05) is 0 Å². The first-order valence-electron chi connectivity index (χ1n) is 9.37. The van der Waals surface area contributed by atoms with Crippen molar-refractivity contribution in [2.45, 2.75) is 0 Å². The first-order valence-corrected chi connectivity index (χ1v) is 10.2. The smallest absolute Gasteiger partial charge is 0.311 e. The molecule has 2 aromatic rings. The Morgan fingerprint density at radius 3 is 2.33 bits per heavy atom. The second-order valence-corrected chi connectivity index (χ2v) is 7.56. The van der Waals surface area contributed by atoms with Gasteiger partial charge >= 0.3 is 5.69 Å². The molecular formula is C21H19N3O8S. The van der Waals surface area contributed by atoms with Crippen molar-refractivity contribution in [3.8, 4) is 17.2 Å². The second kappa shape index (κ2) is 10.0. The summed E-state index contributed by atoms with van der Waals surface area (Å²) in [5, 5.41) is 13.3. The number of nitrogens with zero attached hydrogens (tertiary/aromatic N) is 2. The summed E-state index contributed by atoms with van der Waals surface area (Å²) in [5.41, 5.74) is 0.347. The molecule has 1 N–H and O–H groups in total. The van der Waals surface area contributed by atoms with E-state index in [-0.39, 0.29) is 27.7 Å². The van der Waals surface area contributed by atoms with Gasteiger partial charge < -0.3 is 19.5 Å². The molecule has 3 amide bonds. The average molecular weight is 473 g/mol. The molecule has 3 rings (SSSR count). The third-order valence-corrected chi connectivity index (χ3v) is 5.47. The molecule has 12 heteroatoms. The van der Waals surface area contributed by atoms with Crippen LogP contribution in [0.1, 0.15) is 5.56 Å². The highest BCUT2D eigenvalue weighted by atomic mass is 32.2. The molecule has 172 valence electrons. The minimum absolute atomic E-state index is 0.00462. The third-order valence-electron chi connectivity index (χ3n) is 4.56. The second-order valence-electron chi connectivity index (χ2n) is 6.57. The average Bonchev–Trinajstić information content (AvgIpc) is 3.06. The van der Waals surface area contributed by atoms with E-state index in [2.05, 4.69) is 5.32 Å². The molecule has 1 saturated heterocycles. The van der Waals surface area contributed by atoms with Crippen LogP contribution in [0.5, 0.6) is 17.2 Å². The highest BCUT2D eigenvalue weighted by Crippen LogP contribution is 2.38. The SMILES string of the molecule is COc1ccc(NC(=O)CN2C(=O)S/C(=C/c3cc([N+](=O)[O-])c(OC)cc3OC)C2=O)cc1. The van der Waals surface area contributed by atoms with Crippen LogP contribution in [0.3, 0.4) is 0 Å². The zero-order valence-corrected chi connectivity index (χ0v) is 18.6. The van der Waals surface area contributed by atoms with E-state index in [0.717, 1.165) is 4.90 Å². The number of ether oxygens (including phenoxy) is 3. The number of hydrogen-bond acceptors (Lipinski definition) is 9. The summed E-state index contributed by atoms with van der Waals surface area (Å²) in [7, 11) is 4.15. The van der Waals surface area contributed by atoms with Crippen molar-refractivity contribution in [3.05, 3.63) is 57.0 Å². The van der Waals surface area contributed by atoms with Gasteiger partial charge in [0.15, 0.2) is 0 Å². The Balaban J connectivity index is 1.79. The van der Waals surface area contributed by atoms with Crippen LogP contribution in [0.4, 0.5) is 16.2 Å². The summed E-state index contributed by atoms with van der Waals surface area (Å²) >= 11 is 0.619. The number of nitrogens with one attached hydrogen (secondary N) is 1. The van der Waals surface area contributed by atoms with Gasteiger partial charge in [-0.3, -0.25) is 29.4 Å². The van der Waals surface area contributed by atoms with Crippen molar-refractivity contribution < 1.29 is 33.5 Å². The highest BCUT2D eigenvalue weighted by Gasteiger charge is 2.36. The van der Waals surface area contributed by atoms with Crippen molar-refractivity contribution in [2.75, 3.05) is 33.2 Å². The van der Waals surface area contributed by atoms with Gasteiger partial charge in [-0.15, -0.1) is 0 Å². The van der Waals surface area contributed by atoms with Crippen LogP contribution in [0.15, 0.2) is 41.3 Å². The molecule has 1 fully saturated rings. The van der Waals surface area contributed by atoms with Gasteiger partial charge in [-0.2, -0.15) is 0 Å². The molecule has 0 radical (unpaired) electrons. The lowest BCUT2D eigenvalue weighted by atomic mass is 10.1. The first-order chi connectivity index (χ1) is 15.8. The van der Waals surface area contributed by atoms with Gasteiger partial charge in [-0.05, 0) is 42.1 Å². The lowest BCUT2D eigenvalue weighted by molar-refractivity contribution is -0.385. The number of nitro benzene ring substituents is 1. The molecule has 0 spiro atoms. The quantitative estimate of drug-likeness (QED) is 0.348. The van der Waals surface area contributed by atoms with Crippen molar-refractivity contribution in [3.63, 3.8) is 0 Å². The standard InChI is InChI=1S/C21H19N3O8S/c1-30-14-6-4-13(5-7-14)22-19(25)11-23-20(26)18(33-21(23)27)9-12-8-15(24(28)29)17(32-3)10-16(12)31-2/h4-10H,11H2,1-3H3,(H,22,25)/b18-9+. The van der Waals surface area contributed by atoms with E-state index in [1.54, 1.807) is 24.3 Å². The van der Waals surface area contributed by atoms with Gasteiger partial charge in [0.1, 0.15) is 18.0 Å². The van der Waals surface area contributed by atoms with Crippen LogP contribution in [-0.2, 0) is 9.59 Å². The molecule has 0 bridgehead atoms. The monoisotopic (exact) mass is 473 g/mol. The molecule has 1 aliphatic rings. The summed E-state index contributed by atoms with van der Waals surface area (Å²) in [6.07, 6.45) is 1.30. The number of hydrogen-bond donors (Lipinski definition) is 1. The molecule has 2 aromatic carbocycles. The molecule has 0 saturated carbocycles. The van der Waals surface area contributed by atoms with Crippen molar-refractivity contribution in [2.24, 2.45) is 0 Å². The largest absolute Gasteiger partial charge is 0.497 e. The number of nitro groups is 1. The maximum absolute atomic E-state index is 12.8. The van der Waals surface area contributed by atoms with E-state index >= 15 is 0 Å². The Morgan fingerprint density at radius 2 is 1.76 bits per heavy atom. The number of methoxy groups -OCH3 is 3. The molecule has 0 aliphatic carbocycles. The minimum Gasteiger partial charge on any atom is -0.497 e. The van der Waals surface area contributed by atoms with Crippen LogP contribution >= 0.6 is 11.8 Å². The fourth-order valence-corrected chi connectivity index (χ4v) is 3.79. The summed E-state index contributed by atoms with van der Waals surface area (Å²) in [4.78, 5) is 48.9. The number of amides is 3. The maximum Gasteiger partial charge on any atom is 0.311 e. The molecule has 1 heterocycles. The summed E-state index contributed by atoms with van der Waals surface area (Å²) < 4.78 is 15.3. The Kier molecular flexibility index (Phi) is 7.18. The van der Waals surface area contributed by atoms with Gasteiger partial charge in [0.05, 0.1) is 31.2 Å². The molecule has 11 nitrogen and oxygen atoms in total. The fraction of sp³-hybridized carbons (Fsp3) is 0.190. The van der Waals surface area contributed by atoms with Crippen molar-refractivity contribution in [1.82, 2.24) is 4.90 Å². The van der Waals surface area contributed by atoms with Crippen LogP contribution in [0.2, 0.25) is 0 Å². The molecule has 1 aliphatic heterocycles. The van der Waals surface area contributed by atoms with Gasteiger partial charge in [0, 0.05) is 23.4 Å². The number of benzene rings is 2. The van der Waals surface area contributed by atoms with E-state index in [1.807, 2.05) is 0 Å². The van der Waals surface area contributed by atoms with E-state index in [0.29, 0.717) is 23.2 Å². The zero-order valence-electron chi connectivity index (χ0n) is 17.8. The summed E-state index contributed by atoms with van der Waals surface area (Å²) in [5.74, 6) is -0.464. The number of anilines is 1. The predicted octanol–water partition coefficient (Wildman–Crippen LogP) is 3.30.